The number of alkyl halides is 6. The van der Waals surface area contributed by atoms with Crippen molar-refractivity contribution in [2.75, 3.05) is 0 Å². The highest BCUT2D eigenvalue weighted by Gasteiger charge is 2.32. The van der Waals surface area contributed by atoms with Crippen molar-refractivity contribution in [2.45, 2.75) is 12.4 Å². The molecule has 0 aliphatic carbocycles. The molecule has 0 radical (unpaired) electrons. The third-order valence-electron chi connectivity index (χ3n) is 2.97. The first-order valence-corrected chi connectivity index (χ1v) is 5.92. The first-order chi connectivity index (χ1) is 10.1. The van der Waals surface area contributed by atoms with Gasteiger partial charge in [-0.3, -0.25) is 0 Å². The van der Waals surface area contributed by atoms with Crippen molar-refractivity contribution in [1.82, 2.24) is 0 Å². The Bertz CT molecular complexity index is 737. The molecule has 114 valence electrons. The van der Waals surface area contributed by atoms with Gasteiger partial charge in [0.25, 0.3) is 0 Å². The molecule has 0 aliphatic heterocycles. The Morgan fingerprint density at radius 2 is 1.36 bits per heavy atom. The molecule has 2 aromatic carbocycles. The van der Waals surface area contributed by atoms with E-state index in [4.69, 9.17) is 5.26 Å². The Kier molecular flexibility index (Phi) is 3.88. The lowest BCUT2D eigenvalue weighted by Crippen LogP contribution is -2.06. The molecule has 0 spiro atoms. The highest BCUT2D eigenvalue weighted by molar-refractivity contribution is 5.71. The summed E-state index contributed by atoms with van der Waals surface area (Å²) in [5.41, 5.74) is -2.26. The van der Waals surface area contributed by atoms with Crippen molar-refractivity contribution < 1.29 is 26.3 Å². The van der Waals surface area contributed by atoms with E-state index < -0.39 is 23.5 Å². The van der Waals surface area contributed by atoms with Gasteiger partial charge in [0, 0.05) is 0 Å². The molecule has 0 saturated carbocycles. The molecular weight excluding hydrogens is 308 g/mol. The molecule has 0 heterocycles. The zero-order valence-corrected chi connectivity index (χ0v) is 10.8. The van der Waals surface area contributed by atoms with Crippen LogP contribution in [0.4, 0.5) is 26.3 Å². The Labute approximate surface area is 121 Å². The number of nitrogens with zero attached hydrogens (tertiary/aromatic N) is 1. The topological polar surface area (TPSA) is 23.8 Å². The highest BCUT2D eigenvalue weighted by atomic mass is 19.4. The van der Waals surface area contributed by atoms with E-state index in [2.05, 4.69) is 0 Å². The molecule has 0 unspecified atom stereocenters. The number of hydrogen-bond donors (Lipinski definition) is 0. The van der Waals surface area contributed by atoms with E-state index in [1.54, 1.807) is 6.07 Å². The summed E-state index contributed by atoms with van der Waals surface area (Å²) in [7, 11) is 0. The van der Waals surface area contributed by atoms with Gasteiger partial charge < -0.3 is 0 Å². The highest BCUT2D eigenvalue weighted by Crippen LogP contribution is 2.35. The largest absolute Gasteiger partial charge is 0.416 e. The smallest absolute Gasteiger partial charge is 0.192 e. The third-order valence-corrected chi connectivity index (χ3v) is 2.97. The van der Waals surface area contributed by atoms with Gasteiger partial charge in [-0.15, -0.1) is 0 Å². The molecule has 0 fully saturated rings. The quantitative estimate of drug-likeness (QED) is 0.658. The van der Waals surface area contributed by atoms with Crippen LogP contribution in [0.2, 0.25) is 0 Å². The van der Waals surface area contributed by atoms with Crippen molar-refractivity contribution in [1.29, 1.82) is 5.26 Å². The van der Waals surface area contributed by atoms with Gasteiger partial charge in [-0.25, -0.2) is 0 Å². The van der Waals surface area contributed by atoms with Crippen LogP contribution < -0.4 is 0 Å². The number of rotatable bonds is 1. The Hall–Kier alpha value is -2.49. The first kappa shape index (κ1) is 15.9. The maximum atomic E-state index is 12.7. The number of nitriles is 1. The molecule has 22 heavy (non-hydrogen) atoms. The molecule has 0 atom stereocenters. The lowest BCUT2D eigenvalue weighted by atomic mass is 9.96. The average molecular weight is 315 g/mol. The van der Waals surface area contributed by atoms with Crippen molar-refractivity contribution in [3.8, 4) is 17.2 Å². The summed E-state index contributed by atoms with van der Waals surface area (Å²) in [4.78, 5) is 0. The standard InChI is InChI=1S/C15H7F6N/c16-14(17,18)11-3-1-2-9(6-11)13-5-4-12(15(19,20)21)7-10(13)8-22/h1-7H. The monoisotopic (exact) mass is 315 g/mol. The maximum Gasteiger partial charge on any atom is 0.416 e. The second kappa shape index (κ2) is 5.37. The van der Waals surface area contributed by atoms with E-state index in [1.807, 2.05) is 0 Å². The molecule has 0 aromatic heterocycles. The van der Waals surface area contributed by atoms with E-state index in [-0.39, 0.29) is 16.7 Å². The fraction of sp³-hybridized carbons (Fsp3) is 0.133. The van der Waals surface area contributed by atoms with Crippen LogP contribution >= 0.6 is 0 Å². The number of benzene rings is 2. The van der Waals surface area contributed by atoms with E-state index in [0.29, 0.717) is 6.07 Å². The van der Waals surface area contributed by atoms with Crippen LogP contribution in [-0.4, -0.2) is 0 Å². The molecule has 0 saturated heterocycles. The summed E-state index contributed by atoms with van der Waals surface area (Å²) in [6.45, 7) is 0. The van der Waals surface area contributed by atoms with Crippen LogP contribution in [0.15, 0.2) is 42.5 Å². The van der Waals surface area contributed by atoms with Gasteiger partial charge in [0.05, 0.1) is 22.8 Å². The predicted octanol–water partition coefficient (Wildman–Crippen LogP) is 5.26. The molecule has 0 bridgehead atoms. The van der Waals surface area contributed by atoms with E-state index >= 15 is 0 Å². The average Bonchev–Trinajstić information content (AvgIpc) is 2.45. The zero-order valence-electron chi connectivity index (χ0n) is 10.8. The maximum absolute atomic E-state index is 12.7. The summed E-state index contributed by atoms with van der Waals surface area (Å²) in [5, 5.41) is 8.96. The minimum absolute atomic E-state index is 0.0154. The zero-order chi connectivity index (χ0) is 16.5. The summed E-state index contributed by atoms with van der Waals surface area (Å²) in [6.07, 6.45) is -9.20. The van der Waals surface area contributed by atoms with Gasteiger partial charge in [0.1, 0.15) is 0 Å². The first-order valence-electron chi connectivity index (χ1n) is 5.92. The van der Waals surface area contributed by atoms with Gasteiger partial charge in [-0.1, -0.05) is 18.2 Å². The van der Waals surface area contributed by atoms with Crippen LogP contribution in [-0.2, 0) is 12.4 Å². The fourth-order valence-electron chi connectivity index (χ4n) is 1.93. The van der Waals surface area contributed by atoms with Crippen LogP contribution in [0, 0.1) is 11.3 Å². The molecule has 2 rings (SSSR count). The normalized spacial score (nSPS) is 12.0. The molecule has 0 N–H and O–H groups in total. The second-order valence-corrected chi connectivity index (χ2v) is 4.45. The van der Waals surface area contributed by atoms with Gasteiger partial charge in [-0.05, 0) is 35.4 Å². The number of hydrogen-bond acceptors (Lipinski definition) is 1. The second-order valence-electron chi connectivity index (χ2n) is 4.45. The predicted molar refractivity (Wildman–Crippen MR) is 66.6 cm³/mol. The van der Waals surface area contributed by atoms with Crippen LogP contribution in [0.1, 0.15) is 16.7 Å². The Morgan fingerprint density at radius 3 is 1.91 bits per heavy atom. The van der Waals surface area contributed by atoms with Crippen molar-refractivity contribution in [3.63, 3.8) is 0 Å². The van der Waals surface area contributed by atoms with Crippen LogP contribution in [0.5, 0.6) is 0 Å². The van der Waals surface area contributed by atoms with Gasteiger partial charge >= 0.3 is 12.4 Å². The summed E-state index contributed by atoms with van der Waals surface area (Å²) < 4.78 is 75.8. The fourth-order valence-corrected chi connectivity index (χ4v) is 1.93. The van der Waals surface area contributed by atoms with Crippen molar-refractivity contribution >= 4 is 0 Å². The Morgan fingerprint density at radius 1 is 0.773 bits per heavy atom. The van der Waals surface area contributed by atoms with Gasteiger partial charge in [-0.2, -0.15) is 31.6 Å². The molecule has 0 aliphatic rings. The lowest BCUT2D eigenvalue weighted by molar-refractivity contribution is -0.138. The van der Waals surface area contributed by atoms with E-state index in [0.717, 1.165) is 30.3 Å². The van der Waals surface area contributed by atoms with E-state index in [9.17, 15) is 26.3 Å². The molecule has 0 amide bonds. The SMILES string of the molecule is N#Cc1cc(C(F)(F)F)ccc1-c1cccc(C(F)(F)F)c1. The summed E-state index contributed by atoms with van der Waals surface area (Å²) >= 11 is 0. The molecule has 1 nitrogen and oxygen atoms in total. The van der Waals surface area contributed by atoms with Crippen molar-refractivity contribution in [2.24, 2.45) is 0 Å². The minimum atomic E-state index is -4.63. The van der Waals surface area contributed by atoms with Crippen LogP contribution in [0.3, 0.4) is 0 Å². The molecule has 7 heteroatoms. The van der Waals surface area contributed by atoms with Gasteiger partial charge in [0.2, 0.25) is 0 Å². The molecular formula is C15H7F6N. The van der Waals surface area contributed by atoms with Crippen LogP contribution in [0.25, 0.3) is 11.1 Å². The summed E-state index contributed by atoms with van der Waals surface area (Å²) in [5.74, 6) is 0. The minimum Gasteiger partial charge on any atom is -0.192 e. The third kappa shape index (κ3) is 3.22. The van der Waals surface area contributed by atoms with Crippen molar-refractivity contribution in [3.05, 3.63) is 59.2 Å². The van der Waals surface area contributed by atoms with E-state index in [1.165, 1.54) is 6.07 Å². The Balaban J connectivity index is 2.57. The number of halogens is 6. The lowest BCUT2D eigenvalue weighted by Gasteiger charge is -2.12. The summed E-state index contributed by atoms with van der Waals surface area (Å²) in [6, 6.07) is 8.02. The molecule has 2 aromatic rings. The van der Waals surface area contributed by atoms with Gasteiger partial charge in [0.15, 0.2) is 0 Å².